The summed E-state index contributed by atoms with van der Waals surface area (Å²) in [5, 5.41) is 13.6. The summed E-state index contributed by atoms with van der Waals surface area (Å²) in [5.41, 5.74) is 0.555. The van der Waals surface area contributed by atoms with E-state index in [4.69, 9.17) is 0 Å². The molecule has 0 spiro atoms. The lowest BCUT2D eigenvalue weighted by atomic mass is 10.2. The van der Waals surface area contributed by atoms with Crippen molar-refractivity contribution in [3.63, 3.8) is 0 Å². The minimum atomic E-state index is -0.579. The van der Waals surface area contributed by atoms with E-state index in [0.717, 1.165) is 11.8 Å². The van der Waals surface area contributed by atoms with Crippen LogP contribution in [0.2, 0.25) is 0 Å². The smallest absolute Gasteiger partial charge is 0.295 e. The lowest BCUT2D eigenvalue weighted by Crippen LogP contribution is -2.07. The molecule has 0 aliphatic carbocycles. The zero-order chi connectivity index (χ0) is 12.1. The number of nitrogens with one attached hydrogen (secondary N) is 1. The highest BCUT2D eigenvalue weighted by Gasteiger charge is 2.16. The van der Waals surface area contributed by atoms with Crippen LogP contribution in [-0.4, -0.2) is 23.5 Å². The molecule has 0 atom stereocenters. The summed E-state index contributed by atoms with van der Waals surface area (Å²) >= 11 is 1.64. The van der Waals surface area contributed by atoms with Gasteiger partial charge in [-0.1, -0.05) is 0 Å². The second kappa shape index (κ2) is 5.69. The molecule has 0 aliphatic heterocycles. The number of halogens is 1. The summed E-state index contributed by atoms with van der Waals surface area (Å²) in [5.74, 6) is 0.287. The van der Waals surface area contributed by atoms with Gasteiger partial charge in [0.05, 0.1) is 11.0 Å². The zero-order valence-electron chi connectivity index (χ0n) is 9.12. The van der Waals surface area contributed by atoms with Gasteiger partial charge in [0.15, 0.2) is 0 Å². The molecule has 1 aromatic carbocycles. The van der Waals surface area contributed by atoms with Crippen molar-refractivity contribution >= 4 is 23.1 Å². The number of anilines is 1. The fraction of sp³-hybridized carbons (Fsp3) is 0.400. The molecule has 0 aliphatic rings. The van der Waals surface area contributed by atoms with E-state index < -0.39 is 10.7 Å². The first-order valence-corrected chi connectivity index (χ1v) is 6.13. The van der Waals surface area contributed by atoms with Gasteiger partial charge >= 0.3 is 0 Å². The summed E-state index contributed by atoms with van der Waals surface area (Å²) in [6.07, 6.45) is 1.95. The fourth-order valence-corrected chi connectivity index (χ4v) is 1.56. The number of nitro groups is 1. The maximum atomic E-state index is 13.2. The molecule has 0 fully saturated rings. The quantitative estimate of drug-likeness (QED) is 0.491. The van der Waals surface area contributed by atoms with Gasteiger partial charge in [-0.2, -0.15) is 11.8 Å². The third-order valence-corrected chi connectivity index (χ3v) is 2.71. The molecule has 0 saturated heterocycles. The van der Waals surface area contributed by atoms with Gasteiger partial charge in [0.25, 0.3) is 5.69 Å². The molecule has 88 valence electrons. The minimum Gasteiger partial charge on any atom is -0.379 e. The topological polar surface area (TPSA) is 55.2 Å². The van der Waals surface area contributed by atoms with Crippen molar-refractivity contribution in [1.29, 1.82) is 0 Å². The Morgan fingerprint density at radius 1 is 1.56 bits per heavy atom. The van der Waals surface area contributed by atoms with Crippen LogP contribution >= 0.6 is 11.8 Å². The Morgan fingerprint density at radius 2 is 2.25 bits per heavy atom. The Bertz CT molecular complexity index is 399. The molecule has 0 amide bonds. The van der Waals surface area contributed by atoms with E-state index in [1.165, 1.54) is 6.07 Å². The van der Waals surface area contributed by atoms with E-state index in [9.17, 15) is 14.5 Å². The standard InChI is InChI=1S/C10H13FN2O2S/c1-7-5-9(12-3-4-16-2)10(13(14)15)6-8(7)11/h5-6,12H,3-4H2,1-2H3. The van der Waals surface area contributed by atoms with Crippen LogP contribution in [0.5, 0.6) is 0 Å². The summed E-state index contributed by atoms with van der Waals surface area (Å²) in [6, 6.07) is 2.42. The van der Waals surface area contributed by atoms with Gasteiger partial charge in [-0.25, -0.2) is 4.39 Å². The predicted octanol–water partition coefficient (Wildman–Crippen LogP) is 2.82. The van der Waals surface area contributed by atoms with Crippen LogP contribution < -0.4 is 5.32 Å². The van der Waals surface area contributed by atoms with Gasteiger partial charge in [0.1, 0.15) is 11.5 Å². The van der Waals surface area contributed by atoms with E-state index in [2.05, 4.69) is 5.32 Å². The maximum Gasteiger partial charge on any atom is 0.295 e. The molecule has 16 heavy (non-hydrogen) atoms. The van der Waals surface area contributed by atoms with Crippen molar-refractivity contribution in [3.8, 4) is 0 Å². The van der Waals surface area contributed by atoms with E-state index in [0.29, 0.717) is 17.8 Å². The number of hydrogen-bond acceptors (Lipinski definition) is 4. The van der Waals surface area contributed by atoms with Gasteiger partial charge in [-0.3, -0.25) is 10.1 Å². The van der Waals surface area contributed by atoms with Gasteiger partial charge in [0, 0.05) is 12.3 Å². The van der Waals surface area contributed by atoms with Crippen LogP contribution in [0.15, 0.2) is 12.1 Å². The lowest BCUT2D eigenvalue weighted by molar-refractivity contribution is -0.384. The molecule has 0 radical (unpaired) electrons. The highest BCUT2D eigenvalue weighted by atomic mass is 32.2. The number of benzene rings is 1. The second-order valence-corrected chi connectivity index (χ2v) is 4.28. The first-order valence-electron chi connectivity index (χ1n) is 4.73. The lowest BCUT2D eigenvalue weighted by Gasteiger charge is -2.07. The van der Waals surface area contributed by atoms with Gasteiger partial charge in [-0.05, 0) is 24.8 Å². The van der Waals surface area contributed by atoms with E-state index in [-0.39, 0.29) is 5.69 Å². The van der Waals surface area contributed by atoms with Crippen LogP contribution in [0.1, 0.15) is 5.56 Å². The Hall–Kier alpha value is -1.30. The molecule has 1 N–H and O–H groups in total. The maximum absolute atomic E-state index is 13.2. The van der Waals surface area contributed by atoms with E-state index >= 15 is 0 Å². The van der Waals surface area contributed by atoms with Gasteiger partial charge < -0.3 is 5.32 Å². The average Bonchev–Trinajstić information content (AvgIpc) is 2.23. The fourth-order valence-electron chi connectivity index (χ4n) is 1.25. The highest BCUT2D eigenvalue weighted by molar-refractivity contribution is 7.98. The van der Waals surface area contributed by atoms with Crippen LogP contribution in [0.25, 0.3) is 0 Å². The molecular formula is C10H13FN2O2S. The summed E-state index contributed by atoms with van der Waals surface area (Å²) < 4.78 is 13.2. The highest BCUT2D eigenvalue weighted by Crippen LogP contribution is 2.27. The van der Waals surface area contributed by atoms with Crippen molar-refractivity contribution < 1.29 is 9.31 Å². The third kappa shape index (κ3) is 3.10. The Labute approximate surface area is 97.4 Å². The molecular weight excluding hydrogens is 231 g/mol. The van der Waals surface area contributed by atoms with Crippen molar-refractivity contribution in [2.75, 3.05) is 23.9 Å². The molecule has 0 unspecified atom stereocenters. The zero-order valence-corrected chi connectivity index (χ0v) is 9.94. The van der Waals surface area contributed by atoms with Crippen molar-refractivity contribution in [1.82, 2.24) is 0 Å². The molecule has 0 bridgehead atoms. The van der Waals surface area contributed by atoms with E-state index in [1.807, 2.05) is 6.26 Å². The second-order valence-electron chi connectivity index (χ2n) is 3.30. The molecule has 0 saturated carbocycles. The number of nitrogens with zero attached hydrogens (tertiary/aromatic N) is 1. The molecule has 0 heterocycles. The Morgan fingerprint density at radius 3 is 2.81 bits per heavy atom. The summed E-state index contributed by atoms with van der Waals surface area (Å²) in [4.78, 5) is 10.1. The molecule has 6 heteroatoms. The van der Waals surface area contributed by atoms with Crippen molar-refractivity contribution in [2.45, 2.75) is 6.92 Å². The monoisotopic (exact) mass is 244 g/mol. The molecule has 0 aromatic heterocycles. The third-order valence-electron chi connectivity index (χ3n) is 2.10. The number of thioether (sulfide) groups is 1. The normalized spacial score (nSPS) is 10.2. The molecule has 1 aromatic rings. The van der Waals surface area contributed by atoms with Crippen LogP contribution in [-0.2, 0) is 0 Å². The molecule has 4 nitrogen and oxygen atoms in total. The van der Waals surface area contributed by atoms with Crippen LogP contribution in [0.3, 0.4) is 0 Å². The number of nitro benzene ring substituents is 1. The van der Waals surface area contributed by atoms with Gasteiger partial charge in [-0.15, -0.1) is 0 Å². The Kier molecular flexibility index (Phi) is 4.54. The average molecular weight is 244 g/mol. The van der Waals surface area contributed by atoms with E-state index in [1.54, 1.807) is 18.7 Å². The minimum absolute atomic E-state index is 0.218. The predicted molar refractivity (Wildman–Crippen MR) is 64.7 cm³/mol. The van der Waals surface area contributed by atoms with Gasteiger partial charge in [0.2, 0.25) is 0 Å². The van der Waals surface area contributed by atoms with Crippen LogP contribution in [0.4, 0.5) is 15.8 Å². The summed E-state index contributed by atoms with van der Waals surface area (Å²) in [7, 11) is 0. The largest absolute Gasteiger partial charge is 0.379 e. The van der Waals surface area contributed by atoms with Crippen molar-refractivity contribution in [3.05, 3.63) is 33.6 Å². The first-order chi connectivity index (χ1) is 7.56. The number of hydrogen-bond donors (Lipinski definition) is 1. The SMILES string of the molecule is CSCCNc1cc(C)c(F)cc1[N+](=O)[O-]. The van der Waals surface area contributed by atoms with Crippen LogP contribution in [0, 0.1) is 22.9 Å². The summed E-state index contributed by atoms with van der Waals surface area (Å²) in [6.45, 7) is 2.20. The first kappa shape index (κ1) is 12.8. The Balaban J connectivity index is 2.95. The number of rotatable bonds is 5. The number of aryl methyl sites for hydroxylation is 1. The van der Waals surface area contributed by atoms with Crippen molar-refractivity contribution in [2.24, 2.45) is 0 Å². The molecule has 1 rings (SSSR count).